The van der Waals surface area contributed by atoms with Crippen molar-refractivity contribution in [1.29, 1.82) is 0 Å². The molecule has 0 aliphatic heterocycles. The van der Waals surface area contributed by atoms with E-state index < -0.39 is 23.8 Å². The predicted molar refractivity (Wildman–Crippen MR) is 99.5 cm³/mol. The summed E-state index contributed by atoms with van der Waals surface area (Å²) in [5.74, 6) is -1.74. The summed E-state index contributed by atoms with van der Waals surface area (Å²) in [5, 5.41) is 0.0250. The number of H-pyrrole nitrogens is 1. The number of hydrogen-bond donors (Lipinski definition) is 1. The number of pyridine rings is 1. The largest absolute Gasteiger partial charge is 0.465 e. The van der Waals surface area contributed by atoms with E-state index in [0.717, 1.165) is 0 Å². The highest BCUT2D eigenvalue weighted by Crippen LogP contribution is 2.23. The van der Waals surface area contributed by atoms with E-state index in [1.165, 1.54) is 14.0 Å². The van der Waals surface area contributed by atoms with Crippen LogP contribution in [0.25, 0.3) is 0 Å². The molecule has 2 aromatic rings. The second-order valence-corrected chi connectivity index (χ2v) is 6.63. The van der Waals surface area contributed by atoms with Crippen molar-refractivity contribution in [2.24, 2.45) is 0 Å². The van der Waals surface area contributed by atoms with Crippen molar-refractivity contribution in [1.82, 2.24) is 9.97 Å². The van der Waals surface area contributed by atoms with Crippen molar-refractivity contribution in [2.45, 2.75) is 40.7 Å². The highest BCUT2D eigenvalue weighted by Gasteiger charge is 2.28. The van der Waals surface area contributed by atoms with Crippen LogP contribution in [0.4, 0.5) is 0 Å². The first kappa shape index (κ1) is 20.6. The Labute approximate surface area is 162 Å². The molecule has 0 unspecified atom stereocenters. The van der Waals surface area contributed by atoms with Gasteiger partial charge in [0, 0.05) is 11.4 Å². The third-order valence-corrected chi connectivity index (χ3v) is 4.50. The molecule has 0 aromatic carbocycles. The number of ether oxygens (including phenoxy) is 2. The van der Waals surface area contributed by atoms with Gasteiger partial charge in [-0.2, -0.15) is 0 Å². The summed E-state index contributed by atoms with van der Waals surface area (Å²) in [4.78, 5) is 44.0. The average molecular weight is 393 g/mol. The van der Waals surface area contributed by atoms with Crippen molar-refractivity contribution in [2.75, 3.05) is 7.11 Å². The number of aromatic nitrogens is 2. The van der Waals surface area contributed by atoms with E-state index in [1.54, 1.807) is 33.8 Å². The molecule has 8 heteroatoms. The number of rotatable bonds is 5. The zero-order valence-corrected chi connectivity index (χ0v) is 16.8. The number of carbonyl (C=O) groups excluding carboxylic acids is 3. The number of ketones is 1. The van der Waals surface area contributed by atoms with Gasteiger partial charge >= 0.3 is 11.9 Å². The Morgan fingerprint density at radius 2 is 1.74 bits per heavy atom. The van der Waals surface area contributed by atoms with Crippen LogP contribution in [0.15, 0.2) is 6.07 Å². The lowest BCUT2D eigenvalue weighted by Crippen LogP contribution is -2.26. The first-order valence-corrected chi connectivity index (χ1v) is 8.62. The minimum atomic E-state index is -1.09. The monoisotopic (exact) mass is 392 g/mol. The van der Waals surface area contributed by atoms with Gasteiger partial charge < -0.3 is 14.5 Å². The van der Waals surface area contributed by atoms with Crippen molar-refractivity contribution in [3.63, 3.8) is 0 Å². The Hall–Kier alpha value is -2.67. The molecule has 7 nitrogen and oxygen atoms in total. The molecule has 0 saturated carbocycles. The molecule has 2 rings (SSSR count). The van der Waals surface area contributed by atoms with Gasteiger partial charge in [-0.05, 0) is 51.8 Å². The fourth-order valence-corrected chi connectivity index (χ4v) is 3.28. The van der Waals surface area contributed by atoms with Crippen LogP contribution in [0.5, 0.6) is 0 Å². The molecule has 1 atom stereocenters. The maximum Gasteiger partial charge on any atom is 0.342 e. The molecule has 0 saturated heterocycles. The molecule has 0 radical (unpaired) electrons. The van der Waals surface area contributed by atoms with Gasteiger partial charge in [-0.3, -0.25) is 4.79 Å². The fourth-order valence-electron chi connectivity index (χ4n) is 2.92. The van der Waals surface area contributed by atoms with Gasteiger partial charge in [0.15, 0.2) is 6.10 Å². The molecule has 1 N–H and O–H groups in total. The van der Waals surface area contributed by atoms with Gasteiger partial charge in [0.2, 0.25) is 5.78 Å². The van der Waals surface area contributed by atoms with Gasteiger partial charge in [0.05, 0.1) is 23.9 Å². The molecule has 0 aliphatic rings. The predicted octanol–water partition coefficient (Wildman–Crippen LogP) is 3.51. The van der Waals surface area contributed by atoms with Crippen LogP contribution in [0.2, 0.25) is 5.15 Å². The first-order valence-electron chi connectivity index (χ1n) is 8.24. The second kappa shape index (κ2) is 7.92. The van der Waals surface area contributed by atoms with Crippen LogP contribution in [-0.4, -0.2) is 40.9 Å². The van der Waals surface area contributed by atoms with Gasteiger partial charge in [0.25, 0.3) is 0 Å². The summed E-state index contributed by atoms with van der Waals surface area (Å²) in [7, 11) is 1.27. The highest BCUT2D eigenvalue weighted by molar-refractivity contribution is 6.32. The van der Waals surface area contributed by atoms with Crippen LogP contribution >= 0.6 is 11.6 Å². The van der Waals surface area contributed by atoms with Gasteiger partial charge in [-0.15, -0.1) is 0 Å². The number of halogens is 1. The van der Waals surface area contributed by atoms with E-state index in [2.05, 4.69) is 9.97 Å². The van der Waals surface area contributed by atoms with Crippen molar-refractivity contribution >= 4 is 29.3 Å². The summed E-state index contributed by atoms with van der Waals surface area (Å²) in [6, 6.07) is 1.70. The quantitative estimate of drug-likeness (QED) is 0.475. The minimum Gasteiger partial charge on any atom is -0.465 e. The van der Waals surface area contributed by atoms with Crippen LogP contribution < -0.4 is 0 Å². The van der Waals surface area contributed by atoms with Gasteiger partial charge in [0.1, 0.15) is 5.15 Å². The van der Waals surface area contributed by atoms with Crippen molar-refractivity contribution < 1.29 is 23.9 Å². The normalized spacial score (nSPS) is 11.8. The van der Waals surface area contributed by atoms with E-state index in [-0.39, 0.29) is 16.4 Å². The van der Waals surface area contributed by atoms with Crippen molar-refractivity contribution in [3.8, 4) is 0 Å². The number of carbonyl (C=O) groups is 3. The maximum absolute atomic E-state index is 12.7. The lowest BCUT2D eigenvalue weighted by Gasteiger charge is -2.14. The summed E-state index contributed by atoms with van der Waals surface area (Å²) < 4.78 is 10.0. The average Bonchev–Trinajstić information content (AvgIpc) is 2.86. The van der Waals surface area contributed by atoms with Gasteiger partial charge in [-0.1, -0.05) is 11.6 Å². The molecule has 0 amide bonds. The van der Waals surface area contributed by atoms with Gasteiger partial charge in [-0.25, -0.2) is 14.6 Å². The number of Topliss-reactive ketones (excluding diaryl/α,β-unsaturated/α-hetero) is 1. The van der Waals surface area contributed by atoms with Crippen molar-refractivity contribution in [3.05, 3.63) is 50.6 Å². The standard InChI is InChI=1S/C19H21ClN2O5/c1-8-7-9(2)21-17(20)13(8)19(25)27-12(5)16(23)15-10(3)14(11(4)22-15)18(24)26-6/h7,12,22H,1-6H3/t12-/m0/s1. The van der Waals surface area contributed by atoms with E-state index >= 15 is 0 Å². The summed E-state index contributed by atoms with van der Waals surface area (Å²) >= 11 is 6.06. The number of aryl methyl sites for hydroxylation is 3. The SMILES string of the molecule is COC(=O)c1c(C)[nH]c(C(=O)[C@H](C)OC(=O)c2c(C)cc(C)nc2Cl)c1C. The molecule has 0 fully saturated rings. The summed E-state index contributed by atoms with van der Waals surface area (Å²) in [6.07, 6.45) is -1.09. The molecule has 27 heavy (non-hydrogen) atoms. The Bertz CT molecular complexity index is 909. The number of methoxy groups -OCH3 is 1. The lowest BCUT2D eigenvalue weighted by molar-refractivity contribution is 0.0315. The number of esters is 2. The smallest absolute Gasteiger partial charge is 0.342 e. The number of nitrogens with zero attached hydrogens (tertiary/aromatic N) is 1. The number of hydrogen-bond acceptors (Lipinski definition) is 6. The highest BCUT2D eigenvalue weighted by atomic mass is 35.5. The Morgan fingerprint density at radius 1 is 1.11 bits per heavy atom. The molecule has 2 aromatic heterocycles. The molecule has 2 heterocycles. The summed E-state index contributed by atoms with van der Waals surface area (Å²) in [6.45, 7) is 8.22. The van der Waals surface area contributed by atoms with Crippen LogP contribution in [0.3, 0.4) is 0 Å². The fraction of sp³-hybridized carbons (Fsp3) is 0.368. The third-order valence-electron chi connectivity index (χ3n) is 4.23. The molecule has 144 valence electrons. The Balaban J connectivity index is 2.27. The van der Waals surface area contributed by atoms with E-state index in [0.29, 0.717) is 28.1 Å². The first-order chi connectivity index (χ1) is 12.6. The molecule has 0 aliphatic carbocycles. The molecule has 0 bridgehead atoms. The van der Waals surface area contributed by atoms with E-state index in [1.807, 2.05) is 0 Å². The molecular weight excluding hydrogens is 372 g/mol. The molecule has 0 spiro atoms. The molecular formula is C19H21ClN2O5. The number of nitrogens with one attached hydrogen (secondary N) is 1. The zero-order chi connectivity index (χ0) is 20.5. The third kappa shape index (κ3) is 4.03. The summed E-state index contributed by atoms with van der Waals surface area (Å²) in [5.41, 5.74) is 2.83. The maximum atomic E-state index is 12.7. The number of aromatic amines is 1. The second-order valence-electron chi connectivity index (χ2n) is 6.27. The van der Waals surface area contributed by atoms with E-state index in [4.69, 9.17) is 21.1 Å². The lowest BCUT2D eigenvalue weighted by atomic mass is 10.1. The zero-order valence-electron chi connectivity index (χ0n) is 16.0. The topological polar surface area (TPSA) is 98.4 Å². The minimum absolute atomic E-state index is 0.0250. The van der Waals surface area contributed by atoms with Crippen LogP contribution in [0.1, 0.15) is 60.6 Å². The Kier molecular flexibility index (Phi) is 6.05. The van der Waals surface area contributed by atoms with Crippen LogP contribution in [0, 0.1) is 27.7 Å². The van der Waals surface area contributed by atoms with Crippen LogP contribution in [-0.2, 0) is 9.47 Å². The van der Waals surface area contributed by atoms with E-state index in [9.17, 15) is 14.4 Å². The Morgan fingerprint density at radius 3 is 2.30 bits per heavy atom.